The van der Waals surface area contributed by atoms with Crippen LogP contribution in [0.1, 0.15) is 22.6 Å². The maximum Gasteiger partial charge on any atom is 0.112 e. The van der Waals surface area contributed by atoms with Crippen LogP contribution in [0.3, 0.4) is 0 Å². The Balaban J connectivity index is 1.44. The predicted molar refractivity (Wildman–Crippen MR) is 103 cm³/mol. The first-order chi connectivity index (χ1) is 12.2. The number of aryl methyl sites for hydroxylation is 2. The SMILES string of the molecule is CN1CCCc2ccc(NCc3nc(-c4cnn(C)c4)cs3)cc2C1. The molecule has 0 saturated heterocycles. The van der Waals surface area contributed by atoms with Gasteiger partial charge in [0.1, 0.15) is 5.01 Å². The molecule has 0 saturated carbocycles. The van der Waals surface area contributed by atoms with Gasteiger partial charge in [-0.2, -0.15) is 5.10 Å². The molecule has 1 aliphatic heterocycles. The first-order valence-corrected chi connectivity index (χ1v) is 9.53. The molecule has 5 nitrogen and oxygen atoms in total. The molecule has 3 heterocycles. The van der Waals surface area contributed by atoms with E-state index in [0.717, 1.165) is 29.4 Å². The number of thiazole rings is 1. The fraction of sp³-hybridized carbons (Fsp3) is 0.368. The van der Waals surface area contributed by atoms with Crippen molar-refractivity contribution in [1.82, 2.24) is 19.7 Å². The van der Waals surface area contributed by atoms with Gasteiger partial charge in [0.25, 0.3) is 0 Å². The second-order valence-corrected chi connectivity index (χ2v) is 7.65. The number of fused-ring (bicyclic) bond motifs is 1. The van der Waals surface area contributed by atoms with Crippen LogP contribution in [0.5, 0.6) is 0 Å². The lowest BCUT2D eigenvalue weighted by Crippen LogP contribution is -2.17. The van der Waals surface area contributed by atoms with Gasteiger partial charge < -0.3 is 10.2 Å². The molecule has 4 rings (SSSR count). The number of benzene rings is 1. The Kier molecular flexibility index (Phi) is 4.55. The minimum Gasteiger partial charge on any atom is -0.379 e. The molecule has 0 spiro atoms. The molecule has 0 aliphatic carbocycles. The van der Waals surface area contributed by atoms with Crippen molar-refractivity contribution < 1.29 is 0 Å². The highest BCUT2D eigenvalue weighted by molar-refractivity contribution is 7.09. The van der Waals surface area contributed by atoms with Crippen molar-refractivity contribution in [3.63, 3.8) is 0 Å². The largest absolute Gasteiger partial charge is 0.379 e. The third-order valence-electron chi connectivity index (χ3n) is 4.63. The van der Waals surface area contributed by atoms with Crippen LogP contribution in [0.25, 0.3) is 11.3 Å². The van der Waals surface area contributed by atoms with Crippen molar-refractivity contribution in [3.05, 3.63) is 52.1 Å². The zero-order chi connectivity index (χ0) is 17.2. The number of rotatable bonds is 4. The van der Waals surface area contributed by atoms with Crippen LogP contribution >= 0.6 is 11.3 Å². The summed E-state index contributed by atoms with van der Waals surface area (Å²) < 4.78 is 1.80. The van der Waals surface area contributed by atoms with E-state index < -0.39 is 0 Å². The number of anilines is 1. The van der Waals surface area contributed by atoms with E-state index in [4.69, 9.17) is 4.98 Å². The van der Waals surface area contributed by atoms with E-state index in [1.807, 2.05) is 19.4 Å². The molecule has 0 amide bonds. The molecule has 130 valence electrons. The standard InChI is InChI=1S/C19H23N5S/c1-23-7-3-4-14-5-6-17(8-15(14)11-23)20-10-19-22-18(13-25-19)16-9-21-24(2)12-16/h5-6,8-9,12-13,20H,3-4,7,10-11H2,1-2H3. The van der Waals surface area contributed by atoms with Crippen LogP contribution in [-0.2, 0) is 26.6 Å². The number of hydrogen-bond donors (Lipinski definition) is 1. The van der Waals surface area contributed by atoms with Gasteiger partial charge >= 0.3 is 0 Å². The third kappa shape index (κ3) is 3.75. The predicted octanol–water partition coefficient (Wildman–Crippen LogP) is 3.53. The Morgan fingerprint density at radius 2 is 2.16 bits per heavy atom. The van der Waals surface area contributed by atoms with Gasteiger partial charge in [-0.15, -0.1) is 11.3 Å². The molecule has 25 heavy (non-hydrogen) atoms. The topological polar surface area (TPSA) is 46.0 Å². The molecule has 1 N–H and O–H groups in total. The fourth-order valence-electron chi connectivity index (χ4n) is 3.29. The minimum atomic E-state index is 0.750. The molecular formula is C19H23N5S. The summed E-state index contributed by atoms with van der Waals surface area (Å²) in [5.74, 6) is 0. The van der Waals surface area contributed by atoms with E-state index in [2.05, 4.69) is 45.9 Å². The number of aromatic nitrogens is 3. The van der Waals surface area contributed by atoms with Crippen molar-refractivity contribution >= 4 is 17.0 Å². The highest BCUT2D eigenvalue weighted by atomic mass is 32.1. The molecule has 0 atom stereocenters. The van der Waals surface area contributed by atoms with Crippen molar-refractivity contribution in [2.24, 2.45) is 7.05 Å². The van der Waals surface area contributed by atoms with Crippen molar-refractivity contribution in [2.45, 2.75) is 25.9 Å². The summed E-state index contributed by atoms with van der Waals surface area (Å²) in [6.45, 7) is 2.96. The molecule has 2 aromatic heterocycles. The smallest absolute Gasteiger partial charge is 0.112 e. The Hall–Kier alpha value is -2.18. The van der Waals surface area contributed by atoms with Crippen LogP contribution in [-0.4, -0.2) is 33.3 Å². The van der Waals surface area contributed by atoms with E-state index in [1.54, 1.807) is 16.0 Å². The van der Waals surface area contributed by atoms with Crippen LogP contribution in [0, 0.1) is 0 Å². The summed E-state index contributed by atoms with van der Waals surface area (Å²) in [7, 11) is 4.12. The lowest BCUT2D eigenvalue weighted by atomic mass is 10.0. The Morgan fingerprint density at radius 3 is 3.00 bits per heavy atom. The summed E-state index contributed by atoms with van der Waals surface area (Å²) >= 11 is 1.69. The van der Waals surface area contributed by atoms with Crippen molar-refractivity contribution in [3.8, 4) is 11.3 Å². The number of nitrogens with zero attached hydrogens (tertiary/aromatic N) is 4. The van der Waals surface area contributed by atoms with Gasteiger partial charge in [-0.3, -0.25) is 4.68 Å². The van der Waals surface area contributed by atoms with Crippen molar-refractivity contribution in [2.75, 3.05) is 18.9 Å². The summed E-state index contributed by atoms with van der Waals surface area (Å²) in [6, 6.07) is 6.77. The zero-order valence-corrected chi connectivity index (χ0v) is 15.5. The molecule has 3 aromatic rings. The summed E-state index contributed by atoms with van der Waals surface area (Å²) in [4.78, 5) is 7.12. The molecule has 1 aliphatic rings. The van der Waals surface area contributed by atoms with Gasteiger partial charge in [-0.05, 0) is 49.7 Å². The van der Waals surface area contributed by atoms with Gasteiger partial charge in [-0.25, -0.2) is 4.98 Å². The van der Waals surface area contributed by atoms with Gasteiger partial charge in [0.2, 0.25) is 0 Å². The first kappa shape index (κ1) is 16.3. The lowest BCUT2D eigenvalue weighted by molar-refractivity contribution is 0.332. The quantitative estimate of drug-likeness (QED) is 0.779. The lowest BCUT2D eigenvalue weighted by Gasteiger charge is -2.14. The monoisotopic (exact) mass is 353 g/mol. The average molecular weight is 353 g/mol. The summed E-state index contributed by atoms with van der Waals surface area (Å²) in [5, 5.41) is 10.9. The maximum atomic E-state index is 4.72. The molecule has 0 unspecified atom stereocenters. The normalized spacial score (nSPS) is 15.0. The summed E-state index contributed by atoms with van der Waals surface area (Å²) in [5.41, 5.74) is 6.17. The Morgan fingerprint density at radius 1 is 1.24 bits per heavy atom. The van der Waals surface area contributed by atoms with E-state index >= 15 is 0 Å². The van der Waals surface area contributed by atoms with E-state index in [-0.39, 0.29) is 0 Å². The minimum absolute atomic E-state index is 0.750. The van der Waals surface area contributed by atoms with Crippen molar-refractivity contribution in [1.29, 1.82) is 0 Å². The van der Waals surface area contributed by atoms with E-state index in [1.165, 1.54) is 36.2 Å². The average Bonchev–Trinajstić information content (AvgIpc) is 3.19. The number of nitrogens with one attached hydrogen (secondary N) is 1. The second-order valence-electron chi connectivity index (χ2n) is 6.71. The highest BCUT2D eigenvalue weighted by Crippen LogP contribution is 2.24. The van der Waals surface area contributed by atoms with Crippen LogP contribution in [0.2, 0.25) is 0 Å². The van der Waals surface area contributed by atoms with Gasteiger partial charge in [-0.1, -0.05) is 6.07 Å². The molecule has 0 fully saturated rings. The molecule has 0 radical (unpaired) electrons. The zero-order valence-electron chi connectivity index (χ0n) is 14.7. The second kappa shape index (κ2) is 6.98. The molecule has 6 heteroatoms. The van der Waals surface area contributed by atoms with Gasteiger partial charge in [0, 0.05) is 36.4 Å². The van der Waals surface area contributed by atoms with Crippen LogP contribution < -0.4 is 5.32 Å². The molecule has 0 bridgehead atoms. The third-order valence-corrected chi connectivity index (χ3v) is 5.48. The fourth-order valence-corrected chi connectivity index (χ4v) is 4.04. The van der Waals surface area contributed by atoms with E-state index in [0.29, 0.717) is 0 Å². The Labute approximate surface area is 152 Å². The first-order valence-electron chi connectivity index (χ1n) is 8.65. The summed E-state index contributed by atoms with van der Waals surface area (Å²) in [6.07, 6.45) is 6.28. The molecular weight excluding hydrogens is 330 g/mol. The van der Waals surface area contributed by atoms with Crippen LogP contribution in [0.4, 0.5) is 5.69 Å². The number of hydrogen-bond acceptors (Lipinski definition) is 5. The maximum absolute atomic E-state index is 4.72. The molecule has 1 aromatic carbocycles. The van der Waals surface area contributed by atoms with Crippen LogP contribution in [0.15, 0.2) is 36.0 Å². The highest BCUT2D eigenvalue weighted by Gasteiger charge is 2.12. The van der Waals surface area contributed by atoms with Gasteiger partial charge in [0.15, 0.2) is 0 Å². The van der Waals surface area contributed by atoms with Gasteiger partial charge in [0.05, 0.1) is 18.4 Å². The van der Waals surface area contributed by atoms with E-state index in [9.17, 15) is 0 Å². The Bertz CT molecular complexity index is 866.